The maximum absolute atomic E-state index is 6.15. The summed E-state index contributed by atoms with van der Waals surface area (Å²) >= 11 is 1.92. The molecule has 2 aliphatic rings. The Balaban J connectivity index is 1.55. The SMILES string of the molecule is CC1(C)C=c2c(-c3cccc(OCc4ccccc4)c3)c(N3CCOCC3)sc2=CC1. The van der Waals surface area contributed by atoms with Gasteiger partial charge in [-0.05, 0) is 40.3 Å². The minimum Gasteiger partial charge on any atom is -0.489 e. The third-order valence-corrected chi connectivity index (χ3v) is 7.24. The zero-order valence-corrected chi connectivity index (χ0v) is 19.1. The molecule has 0 saturated carbocycles. The highest BCUT2D eigenvalue weighted by atomic mass is 32.1. The lowest BCUT2D eigenvalue weighted by molar-refractivity contribution is 0.123. The zero-order valence-electron chi connectivity index (χ0n) is 18.3. The van der Waals surface area contributed by atoms with Crippen molar-refractivity contribution in [1.82, 2.24) is 0 Å². The predicted molar refractivity (Wildman–Crippen MR) is 130 cm³/mol. The normalized spacial score (nSPS) is 17.4. The molecule has 4 heteroatoms. The number of morpholine rings is 1. The molecule has 0 N–H and O–H groups in total. The summed E-state index contributed by atoms with van der Waals surface area (Å²) in [6.45, 7) is 8.70. The molecule has 3 nitrogen and oxygen atoms in total. The van der Waals surface area contributed by atoms with Gasteiger partial charge in [-0.2, -0.15) is 0 Å². The number of ether oxygens (including phenoxy) is 2. The van der Waals surface area contributed by atoms with E-state index in [1.54, 1.807) is 0 Å². The van der Waals surface area contributed by atoms with Crippen molar-refractivity contribution in [2.45, 2.75) is 26.9 Å². The predicted octanol–water partition coefficient (Wildman–Crippen LogP) is 4.82. The Kier molecular flexibility index (Phi) is 5.59. The van der Waals surface area contributed by atoms with Crippen molar-refractivity contribution in [3.8, 4) is 16.9 Å². The van der Waals surface area contributed by atoms with Gasteiger partial charge in [-0.25, -0.2) is 0 Å². The summed E-state index contributed by atoms with van der Waals surface area (Å²) in [5.74, 6) is 0.910. The van der Waals surface area contributed by atoms with E-state index in [-0.39, 0.29) is 5.41 Å². The molecule has 0 bridgehead atoms. The van der Waals surface area contributed by atoms with Crippen molar-refractivity contribution in [3.63, 3.8) is 0 Å². The number of rotatable bonds is 5. The highest BCUT2D eigenvalue weighted by Crippen LogP contribution is 2.35. The molecule has 1 fully saturated rings. The molecule has 3 aromatic rings. The fourth-order valence-electron chi connectivity index (χ4n) is 4.30. The van der Waals surface area contributed by atoms with Crippen LogP contribution >= 0.6 is 11.3 Å². The number of anilines is 1. The second-order valence-electron chi connectivity index (χ2n) is 9.00. The Morgan fingerprint density at radius 3 is 2.65 bits per heavy atom. The molecular formula is C27H29NO2S. The molecule has 1 saturated heterocycles. The van der Waals surface area contributed by atoms with Crippen molar-refractivity contribution in [2.24, 2.45) is 5.41 Å². The first-order valence-corrected chi connectivity index (χ1v) is 11.9. The lowest BCUT2D eigenvalue weighted by Gasteiger charge is -2.28. The minimum atomic E-state index is 0.173. The third-order valence-electron chi connectivity index (χ3n) is 5.97. The Hall–Kier alpha value is -2.56. The molecule has 5 rings (SSSR count). The van der Waals surface area contributed by atoms with Crippen LogP contribution in [0.1, 0.15) is 25.8 Å². The number of thiophene rings is 1. The number of benzene rings is 2. The first kappa shape index (κ1) is 20.3. The van der Waals surface area contributed by atoms with Crippen LogP contribution in [-0.4, -0.2) is 26.3 Å². The van der Waals surface area contributed by atoms with E-state index in [9.17, 15) is 0 Å². The Morgan fingerprint density at radius 2 is 1.84 bits per heavy atom. The zero-order chi connectivity index (χ0) is 21.3. The number of nitrogens with zero attached hydrogens (tertiary/aromatic N) is 1. The van der Waals surface area contributed by atoms with Crippen molar-refractivity contribution in [3.05, 3.63) is 69.9 Å². The fraction of sp³-hybridized carbons (Fsp3) is 0.333. The molecule has 2 aromatic carbocycles. The van der Waals surface area contributed by atoms with Gasteiger partial charge < -0.3 is 14.4 Å². The maximum Gasteiger partial charge on any atom is 0.120 e. The molecule has 1 aromatic heterocycles. The highest BCUT2D eigenvalue weighted by molar-refractivity contribution is 7.14. The minimum absolute atomic E-state index is 0.173. The Bertz CT molecular complexity index is 1170. The van der Waals surface area contributed by atoms with E-state index < -0.39 is 0 Å². The van der Waals surface area contributed by atoms with Crippen LogP contribution in [0.4, 0.5) is 5.00 Å². The average molecular weight is 432 g/mol. The number of hydrogen-bond donors (Lipinski definition) is 0. The lowest BCUT2D eigenvalue weighted by atomic mass is 9.85. The highest BCUT2D eigenvalue weighted by Gasteiger charge is 2.24. The second kappa shape index (κ2) is 8.52. The van der Waals surface area contributed by atoms with Gasteiger partial charge >= 0.3 is 0 Å². The first-order valence-electron chi connectivity index (χ1n) is 11.0. The van der Waals surface area contributed by atoms with Crippen LogP contribution in [0.5, 0.6) is 5.75 Å². The van der Waals surface area contributed by atoms with E-state index in [0.29, 0.717) is 6.61 Å². The van der Waals surface area contributed by atoms with Gasteiger partial charge in [-0.15, -0.1) is 11.3 Å². The summed E-state index contributed by atoms with van der Waals surface area (Å²) in [5.41, 5.74) is 3.93. The summed E-state index contributed by atoms with van der Waals surface area (Å²) in [5, 5.41) is 2.74. The van der Waals surface area contributed by atoms with Crippen LogP contribution in [-0.2, 0) is 11.3 Å². The Morgan fingerprint density at radius 1 is 1.03 bits per heavy atom. The summed E-state index contributed by atoms with van der Waals surface area (Å²) in [7, 11) is 0. The van der Waals surface area contributed by atoms with E-state index in [2.05, 4.69) is 79.4 Å². The quantitative estimate of drug-likeness (QED) is 0.578. The van der Waals surface area contributed by atoms with Gasteiger partial charge in [-0.3, -0.25) is 0 Å². The van der Waals surface area contributed by atoms with Crippen LogP contribution < -0.4 is 19.4 Å². The molecule has 1 aliphatic carbocycles. The van der Waals surface area contributed by atoms with Crippen molar-refractivity contribution in [1.29, 1.82) is 0 Å². The summed E-state index contributed by atoms with van der Waals surface area (Å²) in [4.78, 5) is 2.49. The van der Waals surface area contributed by atoms with Crippen LogP contribution in [0.25, 0.3) is 23.3 Å². The van der Waals surface area contributed by atoms with Gasteiger partial charge in [-0.1, -0.05) is 68.5 Å². The van der Waals surface area contributed by atoms with Crippen molar-refractivity contribution < 1.29 is 9.47 Å². The summed E-state index contributed by atoms with van der Waals surface area (Å²) < 4.78 is 13.2. The van der Waals surface area contributed by atoms with Gasteiger partial charge in [0.2, 0.25) is 0 Å². The van der Waals surface area contributed by atoms with Crippen LogP contribution in [0.2, 0.25) is 0 Å². The maximum atomic E-state index is 6.15. The van der Waals surface area contributed by atoms with Crippen LogP contribution in [0.3, 0.4) is 0 Å². The number of fused-ring (bicyclic) bond motifs is 1. The van der Waals surface area contributed by atoms with E-state index in [0.717, 1.165) is 38.5 Å². The van der Waals surface area contributed by atoms with E-state index in [1.165, 1.54) is 31.4 Å². The van der Waals surface area contributed by atoms with E-state index in [1.807, 2.05) is 17.4 Å². The largest absolute Gasteiger partial charge is 0.489 e. The molecule has 0 atom stereocenters. The van der Waals surface area contributed by atoms with E-state index in [4.69, 9.17) is 9.47 Å². The second-order valence-corrected chi connectivity index (χ2v) is 10.0. The van der Waals surface area contributed by atoms with Gasteiger partial charge in [0.25, 0.3) is 0 Å². The van der Waals surface area contributed by atoms with Crippen molar-refractivity contribution >= 4 is 28.5 Å². The molecule has 1 aliphatic heterocycles. The average Bonchev–Trinajstić information content (AvgIpc) is 3.17. The van der Waals surface area contributed by atoms with E-state index >= 15 is 0 Å². The first-order chi connectivity index (χ1) is 15.1. The van der Waals surface area contributed by atoms with Gasteiger partial charge in [0.05, 0.1) is 13.2 Å². The van der Waals surface area contributed by atoms with Gasteiger partial charge in [0.15, 0.2) is 0 Å². The summed E-state index contributed by atoms with van der Waals surface area (Å²) in [6.07, 6.45) is 5.97. The van der Waals surface area contributed by atoms with Crippen LogP contribution in [0, 0.1) is 5.41 Å². The van der Waals surface area contributed by atoms with Gasteiger partial charge in [0, 0.05) is 23.2 Å². The molecule has 0 unspecified atom stereocenters. The molecule has 0 amide bonds. The standard InChI is InChI=1S/C27H29NO2S/c1-27(2)12-11-24-23(18-27)25(26(31-24)28-13-15-29-16-14-28)21-9-6-10-22(17-21)30-19-20-7-4-3-5-8-20/h3-11,17-18H,12-16,19H2,1-2H3. The smallest absolute Gasteiger partial charge is 0.120 e. The topological polar surface area (TPSA) is 21.7 Å². The monoisotopic (exact) mass is 431 g/mol. The van der Waals surface area contributed by atoms with Crippen molar-refractivity contribution in [2.75, 3.05) is 31.2 Å². The third kappa shape index (κ3) is 4.41. The molecule has 0 spiro atoms. The number of hydrogen-bond acceptors (Lipinski definition) is 4. The van der Waals surface area contributed by atoms with Gasteiger partial charge in [0.1, 0.15) is 17.4 Å². The molecule has 0 radical (unpaired) electrons. The fourth-order valence-corrected chi connectivity index (χ4v) is 5.59. The lowest BCUT2D eigenvalue weighted by Crippen LogP contribution is -2.36. The van der Waals surface area contributed by atoms with Crippen LogP contribution in [0.15, 0.2) is 54.6 Å². The Labute approximate surface area is 188 Å². The molecule has 160 valence electrons. The molecule has 31 heavy (non-hydrogen) atoms. The summed E-state index contributed by atoms with van der Waals surface area (Å²) in [6, 6.07) is 18.9. The molecular weight excluding hydrogens is 402 g/mol. The molecule has 2 heterocycles.